The molecule has 1 unspecified atom stereocenters. The highest BCUT2D eigenvalue weighted by molar-refractivity contribution is 6.06. The van der Waals surface area contributed by atoms with Gasteiger partial charge in [0.05, 0.1) is 23.3 Å². The fourth-order valence-electron chi connectivity index (χ4n) is 2.25. The lowest BCUT2D eigenvalue weighted by Crippen LogP contribution is -2.32. The number of nitrogens with one attached hydrogen (secondary N) is 1. The van der Waals surface area contributed by atoms with Crippen LogP contribution in [0, 0.1) is 0 Å². The Bertz CT molecular complexity index is 767. The van der Waals surface area contributed by atoms with Crippen LogP contribution in [0.5, 0.6) is 0 Å². The number of oxime groups is 1. The summed E-state index contributed by atoms with van der Waals surface area (Å²) in [7, 11) is 0. The van der Waals surface area contributed by atoms with Gasteiger partial charge in [0.25, 0.3) is 11.8 Å². The molecule has 2 aromatic rings. The smallest absolute Gasteiger partial charge is 0.261 e. The van der Waals surface area contributed by atoms with Gasteiger partial charge in [0.15, 0.2) is 0 Å². The van der Waals surface area contributed by atoms with Crippen molar-refractivity contribution in [2.45, 2.75) is 12.5 Å². The molecule has 1 aromatic carbocycles. The number of hydrogen-bond acceptors (Lipinski definition) is 5. The second-order valence-corrected chi connectivity index (χ2v) is 4.92. The van der Waals surface area contributed by atoms with Crippen LogP contribution in [0.2, 0.25) is 0 Å². The highest BCUT2D eigenvalue weighted by Gasteiger charge is 2.26. The van der Waals surface area contributed by atoms with E-state index in [2.05, 4.69) is 15.5 Å². The molecule has 1 aliphatic heterocycles. The third-order valence-corrected chi connectivity index (χ3v) is 3.38. The molecule has 22 heavy (non-hydrogen) atoms. The van der Waals surface area contributed by atoms with Crippen molar-refractivity contribution in [1.82, 2.24) is 10.3 Å². The highest BCUT2D eigenvalue weighted by atomic mass is 16.6. The molecule has 2 heterocycles. The van der Waals surface area contributed by atoms with Crippen LogP contribution in [-0.2, 0) is 9.63 Å². The van der Waals surface area contributed by atoms with E-state index in [4.69, 9.17) is 10.6 Å². The van der Waals surface area contributed by atoms with E-state index in [9.17, 15) is 9.59 Å². The number of aromatic nitrogens is 1. The number of hydrogen-bond donors (Lipinski definition) is 2. The predicted octanol–water partition coefficient (Wildman–Crippen LogP) is 0.595. The predicted molar refractivity (Wildman–Crippen MR) is 80.2 cm³/mol. The molecule has 7 nitrogen and oxygen atoms in total. The van der Waals surface area contributed by atoms with Gasteiger partial charge >= 0.3 is 0 Å². The van der Waals surface area contributed by atoms with Crippen molar-refractivity contribution in [2.24, 2.45) is 10.9 Å². The van der Waals surface area contributed by atoms with E-state index in [1.165, 1.54) is 0 Å². The normalized spacial score (nSPS) is 16.9. The van der Waals surface area contributed by atoms with Crippen molar-refractivity contribution in [3.8, 4) is 0 Å². The summed E-state index contributed by atoms with van der Waals surface area (Å²) < 4.78 is 0. The maximum Gasteiger partial charge on any atom is 0.261 e. The van der Waals surface area contributed by atoms with Crippen molar-refractivity contribution in [2.75, 3.05) is 6.54 Å². The maximum absolute atomic E-state index is 12.3. The van der Waals surface area contributed by atoms with E-state index in [0.29, 0.717) is 23.2 Å². The zero-order chi connectivity index (χ0) is 15.5. The number of carbonyl (C=O) groups is 2. The molecule has 0 saturated heterocycles. The average molecular weight is 298 g/mol. The lowest BCUT2D eigenvalue weighted by molar-refractivity contribution is -0.127. The molecule has 0 bridgehead atoms. The largest absolute Gasteiger partial charge is 0.382 e. The van der Waals surface area contributed by atoms with Gasteiger partial charge in [-0.05, 0) is 12.1 Å². The van der Waals surface area contributed by atoms with Crippen molar-refractivity contribution >= 4 is 28.4 Å². The summed E-state index contributed by atoms with van der Waals surface area (Å²) in [5, 5.41) is 7.40. The average Bonchev–Trinajstić information content (AvgIpc) is 3.01. The number of pyridine rings is 1. The zero-order valence-electron chi connectivity index (χ0n) is 11.7. The van der Waals surface area contributed by atoms with Crippen molar-refractivity contribution in [3.63, 3.8) is 0 Å². The Morgan fingerprint density at radius 3 is 2.91 bits per heavy atom. The summed E-state index contributed by atoms with van der Waals surface area (Å²) in [6.07, 6.45) is 1.20. The van der Waals surface area contributed by atoms with Crippen LogP contribution in [0.1, 0.15) is 16.8 Å². The van der Waals surface area contributed by atoms with Gasteiger partial charge in [0, 0.05) is 18.0 Å². The van der Waals surface area contributed by atoms with Gasteiger partial charge in [-0.1, -0.05) is 23.4 Å². The van der Waals surface area contributed by atoms with E-state index in [1.807, 2.05) is 18.2 Å². The molecular formula is C15H14N4O3. The van der Waals surface area contributed by atoms with Gasteiger partial charge in [-0.2, -0.15) is 0 Å². The monoisotopic (exact) mass is 298 g/mol. The van der Waals surface area contributed by atoms with Crippen molar-refractivity contribution < 1.29 is 14.4 Å². The third-order valence-electron chi connectivity index (χ3n) is 3.38. The first kappa shape index (κ1) is 14.0. The van der Waals surface area contributed by atoms with Crippen LogP contribution in [0.15, 0.2) is 41.7 Å². The lowest BCUT2D eigenvalue weighted by atomic mass is 10.1. The Morgan fingerprint density at radius 1 is 1.32 bits per heavy atom. The summed E-state index contributed by atoms with van der Waals surface area (Å²) in [4.78, 5) is 32.4. The summed E-state index contributed by atoms with van der Waals surface area (Å²) in [6, 6.07) is 9.12. The molecule has 1 aliphatic rings. The molecule has 112 valence electrons. The SMILES string of the molecule is NC(=O)C1CC(CNC(=O)c2cccc3cccnc23)=NO1. The molecule has 0 saturated carbocycles. The molecule has 7 heteroatoms. The summed E-state index contributed by atoms with van der Waals surface area (Å²) >= 11 is 0. The topological polar surface area (TPSA) is 107 Å². The van der Waals surface area contributed by atoms with E-state index >= 15 is 0 Å². The second kappa shape index (κ2) is 5.80. The summed E-state index contributed by atoms with van der Waals surface area (Å²) in [5.41, 5.74) is 6.84. The first-order valence-electron chi connectivity index (χ1n) is 6.78. The minimum atomic E-state index is -0.744. The van der Waals surface area contributed by atoms with Crippen LogP contribution in [0.3, 0.4) is 0 Å². The van der Waals surface area contributed by atoms with E-state index in [-0.39, 0.29) is 12.5 Å². The molecule has 0 spiro atoms. The van der Waals surface area contributed by atoms with Crippen molar-refractivity contribution in [1.29, 1.82) is 0 Å². The van der Waals surface area contributed by atoms with Gasteiger partial charge in [0.2, 0.25) is 6.10 Å². The number of benzene rings is 1. The first-order valence-corrected chi connectivity index (χ1v) is 6.78. The number of rotatable bonds is 4. The summed E-state index contributed by atoms with van der Waals surface area (Å²) in [5.74, 6) is -0.821. The molecule has 0 fully saturated rings. The first-order chi connectivity index (χ1) is 10.6. The zero-order valence-corrected chi connectivity index (χ0v) is 11.7. The Balaban J connectivity index is 1.69. The molecule has 0 radical (unpaired) electrons. The number of fused-ring (bicyclic) bond motifs is 1. The molecular weight excluding hydrogens is 284 g/mol. The maximum atomic E-state index is 12.3. The highest BCUT2D eigenvalue weighted by Crippen LogP contribution is 2.16. The van der Waals surface area contributed by atoms with Crippen LogP contribution in [0.4, 0.5) is 0 Å². The standard InChI is InChI=1S/C15H14N4O3/c16-14(20)12-7-10(19-22-12)8-18-15(21)11-5-1-3-9-4-2-6-17-13(9)11/h1-6,12H,7-8H2,(H2,16,20)(H,18,21). The van der Waals surface area contributed by atoms with Crippen LogP contribution in [0.25, 0.3) is 10.9 Å². The van der Waals surface area contributed by atoms with Crippen LogP contribution >= 0.6 is 0 Å². The van der Waals surface area contributed by atoms with Gasteiger partial charge in [0.1, 0.15) is 0 Å². The van der Waals surface area contributed by atoms with Gasteiger partial charge in [-0.25, -0.2) is 0 Å². The number of primary amides is 1. The minimum absolute atomic E-state index is 0.200. The Morgan fingerprint density at radius 2 is 2.14 bits per heavy atom. The van der Waals surface area contributed by atoms with Crippen LogP contribution in [-0.4, -0.2) is 35.2 Å². The summed E-state index contributed by atoms with van der Waals surface area (Å²) in [6.45, 7) is 0.200. The fourth-order valence-corrected chi connectivity index (χ4v) is 2.25. The van der Waals surface area contributed by atoms with E-state index in [0.717, 1.165) is 5.39 Å². The molecule has 1 aromatic heterocycles. The van der Waals surface area contributed by atoms with Gasteiger partial charge in [-0.15, -0.1) is 0 Å². The van der Waals surface area contributed by atoms with E-state index in [1.54, 1.807) is 18.3 Å². The Kier molecular flexibility index (Phi) is 3.69. The molecule has 0 aliphatic carbocycles. The molecule has 1 atom stereocenters. The fraction of sp³-hybridized carbons (Fsp3) is 0.200. The van der Waals surface area contributed by atoms with Gasteiger partial charge in [-0.3, -0.25) is 14.6 Å². The Labute approximate surface area is 126 Å². The molecule has 3 N–H and O–H groups in total. The molecule has 2 amide bonds. The number of carbonyl (C=O) groups excluding carboxylic acids is 2. The molecule has 3 rings (SSSR count). The van der Waals surface area contributed by atoms with Crippen molar-refractivity contribution in [3.05, 3.63) is 42.1 Å². The number of nitrogens with two attached hydrogens (primary N) is 1. The van der Waals surface area contributed by atoms with Gasteiger partial charge < -0.3 is 15.9 Å². The number of para-hydroxylation sites is 1. The minimum Gasteiger partial charge on any atom is -0.382 e. The third kappa shape index (κ3) is 2.73. The van der Waals surface area contributed by atoms with Crippen LogP contribution < -0.4 is 11.1 Å². The second-order valence-electron chi connectivity index (χ2n) is 4.92. The number of nitrogens with zero attached hydrogens (tertiary/aromatic N) is 2. The van der Waals surface area contributed by atoms with E-state index < -0.39 is 12.0 Å². The quantitative estimate of drug-likeness (QED) is 0.861. The Hall–Kier alpha value is -2.96. The number of amides is 2. The lowest BCUT2D eigenvalue weighted by Gasteiger charge is -2.07.